The number of carbonyl (C=O) groups excluding carboxylic acids is 1. The summed E-state index contributed by atoms with van der Waals surface area (Å²) in [6.07, 6.45) is 4.49. The zero-order valence-electron chi connectivity index (χ0n) is 12.5. The van der Waals surface area contributed by atoms with Crippen LogP contribution in [-0.4, -0.2) is 61.9 Å². The highest BCUT2D eigenvalue weighted by molar-refractivity contribution is 7.16. The van der Waals surface area contributed by atoms with Gasteiger partial charge in [-0.1, -0.05) is 5.21 Å². The van der Waals surface area contributed by atoms with E-state index in [0.717, 1.165) is 47.8 Å². The Kier molecular flexibility index (Phi) is 3.80. The maximum atomic E-state index is 12.2. The van der Waals surface area contributed by atoms with Gasteiger partial charge in [0.05, 0.1) is 15.9 Å². The number of nitrogens with one attached hydrogen (secondary N) is 2. The van der Waals surface area contributed by atoms with E-state index in [9.17, 15) is 4.79 Å². The molecular weight excluding hydrogens is 314 g/mol. The van der Waals surface area contributed by atoms with Crippen LogP contribution in [0.25, 0.3) is 10.3 Å². The Labute approximate surface area is 136 Å². The molecule has 1 amide bonds. The Morgan fingerprint density at radius 2 is 2.22 bits per heavy atom. The molecule has 1 saturated heterocycles. The molecule has 23 heavy (non-hydrogen) atoms. The molecule has 4 rings (SSSR count). The van der Waals surface area contributed by atoms with Crippen molar-refractivity contribution in [3.8, 4) is 0 Å². The van der Waals surface area contributed by atoms with E-state index in [1.807, 2.05) is 22.8 Å². The Morgan fingerprint density at radius 3 is 3.09 bits per heavy atom. The summed E-state index contributed by atoms with van der Waals surface area (Å²) >= 11 is 1.61. The molecule has 0 saturated carbocycles. The smallest absolute Gasteiger partial charge is 0.244 e. The zero-order chi connectivity index (χ0) is 15.6. The average Bonchev–Trinajstić information content (AvgIpc) is 3.28. The standard InChI is InChI=1S/C14H17N7OS/c22-12(20-3-1-15-2-4-20)8-21-7-11(18-19-21)5-10-6-16-14-13(10)23-9-17-14/h6-7,9,15-16H,1-5,8H2. The molecule has 0 radical (unpaired) electrons. The van der Waals surface area contributed by atoms with Crippen LogP contribution in [0, 0.1) is 0 Å². The Hall–Kier alpha value is -2.26. The van der Waals surface area contributed by atoms with Crippen molar-refractivity contribution >= 4 is 27.6 Å². The number of hydrogen-bond acceptors (Lipinski definition) is 6. The lowest BCUT2D eigenvalue weighted by molar-refractivity contribution is -0.132. The van der Waals surface area contributed by atoms with Gasteiger partial charge in [0, 0.05) is 45.0 Å². The third kappa shape index (κ3) is 2.97. The van der Waals surface area contributed by atoms with Crippen molar-refractivity contribution in [3.05, 3.63) is 29.2 Å². The summed E-state index contributed by atoms with van der Waals surface area (Å²) in [6, 6.07) is 0. The lowest BCUT2D eigenvalue weighted by atomic mass is 10.2. The van der Waals surface area contributed by atoms with Crippen molar-refractivity contribution < 1.29 is 4.79 Å². The molecule has 0 spiro atoms. The number of carbonyl (C=O) groups is 1. The number of piperazine rings is 1. The molecule has 0 aliphatic carbocycles. The predicted molar refractivity (Wildman–Crippen MR) is 86.2 cm³/mol. The van der Waals surface area contributed by atoms with Crippen molar-refractivity contribution in [2.75, 3.05) is 26.2 Å². The number of H-pyrrole nitrogens is 1. The Bertz CT molecular complexity index is 814. The van der Waals surface area contributed by atoms with Crippen molar-refractivity contribution in [2.45, 2.75) is 13.0 Å². The van der Waals surface area contributed by atoms with Gasteiger partial charge in [0.15, 0.2) is 0 Å². The minimum Gasteiger partial charge on any atom is -0.345 e. The molecule has 3 aromatic heterocycles. The molecule has 120 valence electrons. The number of thiazole rings is 1. The predicted octanol–water partition coefficient (Wildman–Crippen LogP) is 0.238. The van der Waals surface area contributed by atoms with Crippen LogP contribution in [0.5, 0.6) is 0 Å². The fourth-order valence-electron chi connectivity index (χ4n) is 2.77. The summed E-state index contributed by atoms with van der Waals surface area (Å²) in [7, 11) is 0. The lowest BCUT2D eigenvalue weighted by Gasteiger charge is -2.27. The van der Waals surface area contributed by atoms with Crippen LogP contribution < -0.4 is 5.32 Å². The molecular formula is C14H17N7OS. The second-order valence-corrected chi connectivity index (χ2v) is 6.41. The molecule has 2 N–H and O–H groups in total. The first-order valence-electron chi connectivity index (χ1n) is 7.56. The summed E-state index contributed by atoms with van der Waals surface area (Å²) in [6.45, 7) is 3.47. The minimum absolute atomic E-state index is 0.0921. The molecule has 0 bridgehead atoms. The van der Waals surface area contributed by atoms with Gasteiger partial charge >= 0.3 is 0 Å². The van der Waals surface area contributed by atoms with Gasteiger partial charge in [-0.05, 0) is 5.56 Å². The van der Waals surface area contributed by atoms with Gasteiger partial charge in [-0.15, -0.1) is 16.4 Å². The summed E-state index contributed by atoms with van der Waals surface area (Å²) in [5, 5.41) is 11.5. The van der Waals surface area contributed by atoms with Crippen molar-refractivity contribution in [2.24, 2.45) is 0 Å². The fourth-order valence-corrected chi connectivity index (χ4v) is 3.54. The minimum atomic E-state index is 0.0921. The summed E-state index contributed by atoms with van der Waals surface area (Å²) < 4.78 is 2.77. The third-order valence-corrected chi connectivity index (χ3v) is 4.87. The average molecular weight is 331 g/mol. The lowest BCUT2D eigenvalue weighted by Crippen LogP contribution is -2.47. The van der Waals surface area contributed by atoms with Gasteiger partial charge in [-0.3, -0.25) is 4.79 Å². The first-order chi connectivity index (χ1) is 11.3. The highest BCUT2D eigenvalue weighted by Gasteiger charge is 2.17. The molecule has 3 aromatic rings. The van der Waals surface area contributed by atoms with Crippen LogP contribution in [0.4, 0.5) is 0 Å². The van der Waals surface area contributed by atoms with Crippen LogP contribution >= 0.6 is 11.3 Å². The number of fused-ring (bicyclic) bond motifs is 1. The molecule has 1 aliphatic rings. The Balaban J connectivity index is 1.42. The highest BCUT2D eigenvalue weighted by atomic mass is 32.1. The molecule has 9 heteroatoms. The van der Waals surface area contributed by atoms with Crippen molar-refractivity contribution in [1.29, 1.82) is 0 Å². The maximum absolute atomic E-state index is 12.2. The molecule has 8 nitrogen and oxygen atoms in total. The summed E-state index contributed by atoms with van der Waals surface area (Å²) in [4.78, 5) is 21.5. The monoisotopic (exact) mass is 331 g/mol. The fraction of sp³-hybridized carbons (Fsp3) is 0.429. The second-order valence-electron chi connectivity index (χ2n) is 5.56. The zero-order valence-corrected chi connectivity index (χ0v) is 13.3. The van der Waals surface area contributed by atoms with Crippen LogP contribution in [0.2, 0.25) is 0 Å². The van der Waals surface area contributed by atoms with E-state index in [0.29, 0.717) is 6.42 Å². The molecule has 0 unspecified atom stereocenters. The van der Waals surface area contributed by atoms with Gasteiger partial charge in [-0.2, -0.15) is 0 Å². The number of rotatable bonds is 4. The number of aromatic amines is 1. The van der Waals surface area contributed by atoms with E-state index in [1.54, 1.807) is 16.0 Å². The van der Waals surface area contributed by atoms with E-state index in [-0.39, 0.29) is 12.5 Å². The molecule has 4 heterocycles. The molecule has 0 atom stereocenters. The van der Waals surface area contributed by atoms with Crippen molar-refractivity contribution in [3.63, 3.8) is 0 Å². The Morgan fingerprint density at radius 1 is 1.35 bits per heavy atom. The number of amides is 1. The summed E-state index contributed by atoms with van der Waals surface area (Å²) in [5.41, 5.74) is 4.75. The van der Waals surface area contributed by atoms with E-state index in [1.165, 1.54) is 0 Å². The van der Waals surface area contributed by atoms with Crippen LogP contribution in [-0.2, 0) is 17.8 Å². The van der Waals surface area contributed by atoms with Crippen molar-refractivity contribution in [1.82, 2.24) is 35.2 Å². The molecule has 1 aliphatic heterocycles. The van der Waals surface area contributed by atoms with E-state index in [2.05, 4.69) is 25.6 Å². The highest BCUT2D eigenvalue weighted by Crippen LogP contribution is 2.23. The number of nitrogens with zero attached hydrogens (tertiary/aromatic N) is 5. The van der Waals surface area contributed by atoms with Gasteiger partial charge < -0.3 is 15.2 Å². The van der Waals surface area contributed by atoms with Gasteiger partial charge in [-0.25, -0.2) is 9.67 Å². The van der Waals surface area contributed by atoms with E-state index < -0.39 is 0 Å². The third-order valence-electron chi connectivity index (χ3n) is 3.97. The largest absolute Gasteiger partial charge is 0.345 e. The first kappa shape index (κ1) is 14.3. The number of aromatic nitrogens is 5. The van der Waals surface area contributed by atoms with E-state index >= 15 is 0 Å². The van der Waals surface area contributed by atoms with Gasteiger partial charge in [0.1, 0.15) is 12.2 Å². The first-order valence-corrected chi connectivity index (χ1v) is 8.44. The second kappa shape index (κ2) is 6.09. The van der Waals surface area contributed by atoms with Crippen LogP contribution in [0.3, 0.4) is 0 Å². The van der Waals surface area contributed by atoms with Crippen LogP contribution in [0.15, 0.2) is 17.9 Å². The molecule has 0 aromatic carbocycles. The van der Waals surface area contributed by atoms with Gasteiger partial charge in [0.2, 0.25) is 5.91 Å². The number of hydrogen-bond donors (Lipinski definition) is 2. The quantitative estimate of drug-likeness (QED) is 0.714. The van der Waals surface area contributed by atoms with E-state index in [4.69, 9.17) is 0 Å². The molecule has 1 fully saturated rings. The van der Waals surface area contributed by atoms with Crippen LogP contribution in [0.1, 0.15) is 11.3 Å². The SMILES string of the molecule is O=C(Cn1cc(Cc2c[nH]c3ncsc23)nn1)N1CCNCC1. The topological polar surface area (TPSA) is 91.7 Å². The van der Waals surface area contributed by atoms with Gasteiger partial charge in [0.25, 0.3) is 0 Å². The normalized spacial score (nSPS) is 15.4. The summed E-state index contributed by atoms with van der Waals surface area (Å²) in [5.74, 6) is 0.0921. The maximum Gasteiger partial charge on any atom is 0.244 e.